The van der Waals surface area contributed by atoms with Crippen LogP contribution in [-0.4, -0.2) is 37.6 Å². The van der Waals surface area contributed by atoms with Crippen LogP contribution in [0.15, 0.2) is 66.1 Å². The number of aryl methyl sites for hydroxylation is 2. The zero-order chi connectivity index (χ0) is 27.9. The third-order valence-corrected chi connectivity index (χ3v) is 8.44. The molecule has 0 radical (unpaired) electrons. The van der Waals surface area contributed by atoms with Gasteiger partial charge in [0.1, 0.15) is 6.61 Å². The molecule has 1 heterocycles. The lowest BCUT2D eigenvalue weighted by Crippen LogP contribution is -2.41. The van der Waals surface area contributed by atoms with Crippen LogP contribution in [0.1, 0.15) is 61.4 Å². The van der Waals surface area contributed by atoms with Gasteiger partial charge in [-0.2, -0.15) is 0 Å². The maximum Gasteiger partial charge on any atom is 0.492 e. The summed E-state index contributed by atoms with van der Waals surface area (Å²) in [5, 5.41) is 3.63. The molecule has 0 atom stereocenters. The number of halogens is 1. The first-order valence-corrected chi connectivity index (χ1v) is 13.8. The number of ether oxygens (including phenoxy) is 1. The van der Waals surface area contributed by atoms with Crippen LogP contribution in [0.4, 0.5) is 4.79 Å². The van der Waals surface area contributed by atoms with Crippen molar-refractivity contribution in [2.75, 3.05) is 13.2 Å². The van der Waals surface area contributed by atoms with E-state index in [9.17, 15) is 4.79 Å². The van der Waals surface area contributed by atoms with Crippen molar-refractivity contribution in [1.82, 2.24) is 5.32 Å². The largest absolute Gasteiger partial charge is 0.492 e. The first-order valence-electron chi connectivity index (χ1n) is 13.4. The quantitative estimate of drug-likeness (QED) is 0.327. The van der Waals surface area contributed by atoms with Crippen molar-refractivity contribution >= 4 is 30.9 Å². The van der Waals surface area contributed by atoms with Crippen molar-refractivity contribution in [3.05, 3.63) is 99.0 Å². The highest BCUT2D eigenvalue weighted by Gasteiger charge is 2.52. The Labute approximate surface area is 236 Å². The van der Waals surface area contributed by atoms with Crippen molar-refractivity contribution in [3.63, 3.8) is 0 Å². The number of rotatable bonds is 6. The van der Waals surface area contributed by atoms with E-state index in [4.69, 9.17) is 25.6 Å². The number of hydrogen-bond acceptors (Lipinski definition) is 4. The van der Waals surface area contributed by atoms with Crippen LogP contribution in [-0.2, 0) is 14.0 Å². The van der Waals surface area contributed by atoms with E-state index in [1.54, 1.807) is 0 Å². The average Bonchev–Trinajstić information content (AvgIpc) is 3.31. The molecule has 1 saturated heterocycles. The van der Waals surface area contributed by atoms with Gasteiger partial charge in [0.15, 0.2) is 0 Å². The first-order chi connectivity index (χ1) is 18.5. The van der Waals surface area contributed by atoms with Gasteiger partial charge in [0.2, 0.25) is 0 Å². The molecule has 0 spiro atoms. The Morgan fingerprint density at radius 1 is 0.949 bits per heavy atom. The van der Waals surface area contributed by atoms with Crippen molar-refractivity contribution in [2.45, 2.75) is 58.7 Å². The number of hydrogen-bond donors (Lipinski definition) is 1. The number of nitrogens with one attached hydrogen (secondary N) is 1. The van der Waals surface area contributed by atoms with Gasteiger partial charge < -0.3 is 19.4 Å². The summed E-state index contributed by atoms with van der Waals surface area (Å²) in [6.07, 6.45) is 1.55. The van der Waals surface area contributed by atoms with Gasteiger partial charge >= 0.3 is 13.2 Å². The van der Waals surface area contributed by atoms with Crippen LogP contribution in [0.25, 0.3) is 17.2 Å². The highest BCUT2D eigenvalue weighted by molar-refractivity contribution is 6.56. The van der Waals surface area contributed by atoms with E-state index in [1.807, 2.05) is 84.0 Å². The Kier molecular flexibility index (Phi) is 7.40. The van der Waals surface area contributed by atoms with E-state index < -0.39 is 24.4 Å². The molecule has 0 aromatic heterocycles. The smallest absolute Gasteiger partial charge is 0.449 e. The van der Waals surface area contributed by atoms with Crippen LogP contribution >= 0.6 is 11.6 Å². The number of carbonyl (C=O) groups is 1. The van der Waals surface area contributed by atoms with E-state index in [1.165, 1.54) is 22.3 Å². The second-order valence-electron chi connectivity index (χ2n) is 11.4. The lowest BCUT2D eigenvalue weighted by atomic mass is 9.76. The second kappa shape index (κ2) is 10.5. The molecule has 3 aromatic rings. The zero-order valence-corrected chi connectivity index (χ0v) is 24.2. The lowest BCUT2D eigenvalue weighted by molar-refractivity contribution is 0.00578. The minimum absolute atomic E-state index is 0.000580. The number of amides is 1. The van der Waals surface area contributed by atoms with Gasteiger partial charge in [-0.25, -0.2) is 4.79 Å². The van der Waals surface area contributed by atoms with E-state index in [2.05, 4.69) is 29.6 Å². The maximum atomic E-state index is 13.0. The van der Waals surface area contributed by atoms with Gasteiger partial charge in [-0.15, -0.1) is 0 Å². The SMILES string of the molecule is Cc1cc(Cl)cc(C)c1C=C(CNC(=O)OCC1c2ccccc2-c2ccccc21)B1OC(C)(C)C(C)(C)O1. The molecule has 202 valence electrons. The van der Waals surface area contributed by atoms with Crippen LogP contribution < -0.4 is 5.32 Å². The maximum absolute atomic E-state index is 13.0. The van der Waals surface area contributed by atoms with Crippen molar-refractivity contribution < 1.29 is 18.8 Å². The number of benzene rings is 3. The topological polar surface area (TPSA) is 56.8 Å². The predicted octanol–water partition coefficient (Wildman–Crippen LogP) is 7.51. The molecule has 5 rings (SSSR count). The fourth-order valence-corrected chi connectivity index (χ4v) is 5.68. The molecule has 3 aromatic carbocycles. The summed E-state index contributed by atoms with van der Waals surface area (Å²) in [6.45, 7) is 12.6. The molecule has 2 aliphatic rings. The van der Waals surface area contributed by atoms with Crippen LogP contribution in [0.3, 0.4) is 0 Å². The molecule has 0 saturated carbocycles. The summed E-state index contributed by atoms with van der Waals surface area (Å²) in [7, 11) is -0.613. The third-order valence-electron chi connectivity index (χ3n) is 8.22. The van der Waals surface area contributed by atoms with E-state index in [0.29, 0.717) is 5.02 Å². The van der Waals surface area contributed by atoms with Crippen LogP contribution in [0, 0.1) is 13.8 Å². The molecule has 0 bridgehead atoms. The minimum atomic E-state index is -0.613. The summed E-state index contributed by atoms with van der Waals surface area (Å²) in [4.78, 5) is 13.0. The zero-order valence-electron chi connectivity index (χ0n) is 23.4. The predicted molar refractivity (Wildman–Crippen MR) is 158 cm³/mol. The van der Waals surface area contributed by atoms with Crippen LogP contribution in [0.2, 0.25) is 5.02 Å². The molecule has 1 N–H and O–H groups in total. The summed E-state index contributed by atoms with van der Waals surface area (Å²) < 4.78 is 18.5. The van der Waals surface area contributed by atoms with Crippen LogP contribution in [0.5, 0.6) is 0 Å². The van der Waals surface area contributed by atoms with Gasteiger partial charge in [0.25, 0.3) is 0 Å². The number of alkyl carbamates (subject to hydrolysis) is 1. The molecule has 0 unspecified atom stereocenters. The van der Waals surface area contributed by atoms with Gasteiger partial charge in [0.05, 0.1) is 11.2 Å². The summed E-state index contributed by atoms with van der Waals surface area (Å²) in [6, 6.07) is 20.5. The van der Waals surface area contributed by atoms with Gasteiger partial charge in [-0.3, -0.25) is 0 Å². The fraction of sp³-hybridized carbons (Fsp3) is 0.344. The summed E-state index contributed by atoms with van der Waals surface area (Å²) in [5.74, 6) is 0.000580. The normalized spacial score (nSPS) is 17.6. The number of fused-ring (bicyclic) bond motifs is 3. The van der Waals surface area contributed by atoms with Gasteiger partial charge in [0, 0.05) is 17.5 Å². The molecule has 5 nitrogen and oxygen atoms in total. The highest BCUT2D eigenvalue weighted by atomic mass is 35.5. The molecule has 1 fully saturated rings. The lowest BCUT2D eigenvalue weighted by Gasteiger charge is -2.32. The Morgan fingerprint density at radius 3 is 2.00 bits per heavy atom. The summed E-state index contributed by atoms with van der Waals surface area (Å²) in [5.41, 5.74) is 7.63. The second-order valence-corrected chi connectivity index (χ2v) is 11.9. The fourth-order valence-electron chi connectivity index (χ4n) is 5.36. The molecular weight excluding hydrogens is 509 g/mol. The Morgan fingerprint density at radius 2 is 1.46 bits per heavy atom. The summed E-state index contributed by atoms with van der Waals surface area (Å²) >= 11 is 6.27. The molecule has 1 aliphatic heterocycles. The Balaban J connectivity index is 1.33. The Hall–Kier alpha value is -3.06. The molecule has 39 heavy (non-hydrogen) atoms. The monoisotopic (exact) mass is 543 g/mol. The molecular formula is C32H35BClNO4. The van der Waals surface area contributed by atoms with Gasteiger partial charge in [-0.05, 0) is 98.1 Å². The molecule has 7 heteroatoms. The van der Waals surface area contributed by atoms with Crippen molar-refractivity contribution in [1.29, 1.82) is 0 Å². The standard InChI is InChI=1S/C32H35BClNO4/c1-20-15-23(34)16-21(2)28(20)17-22(33-38-31(3,4)32(5,6)39-33)18-35-30(36)37-19-29-26-13-9-7-11-24(26)25-12-8-10-14-27(25)29/h7-17,29H,18-19H2,1-6H3,(H,35,36). The third kappa shape index (κ3) is 5.38. The van der Waals surface area contributed by atoms with E-state index in [-0.39, 0.29) is 19.1 Å². The van der Waals surface area contributed by atoms with E-state index in [0.717, 1.165) is 22.2 Å². The highest BCUT2D eigenvalue weighted by Crippen LogP contribution is 2.44. The Bertz CT molecular complexity index is 1360. The average molecular weight is 544 g/mol. The van der Waals surface area contributed by atoms with Crippen molar-refractivity contribution in [2.24, 2.45) is 0 Å². The number of carbonyl (C=O) groups excluding carboxylic acids is 1. The van der Waals surface area contributed by atoms with Gasteiger partial charge in [-0.1, -0.05) is 66.2 Å². The molecule has 1 aliphatic carbocycles. The first kappa shape index (κ1) is 27.5. The van der Waals surface area contributed by atoms with Crippen molar-refractivity contribution in [3.8, 4) is 11.1 Å². The van der Waals surface area contributed by atoms with E-state index >= 15 is 0 Å². The molecule has 1 amide bonds. The minimum Gasteiger partial charge on any atom is -0.449 e.